The van der Waals surface area contributed by atoms with Gasteiger partial charge in [0.2, 0.25) is 10.0 Å². The van der Waals surface area contributed by atoms with Crippen LogP contribution in [0.3, 0.4) is 0 Å². The molecule has 0 aliphatic heterocycles. The number of benzene rings is 1. The van der Waals surface area contributed by atoms with Crippen LogP contribution in [-0.2, 0) is 16.4 Å². The Labute approximate surface area is 129 Å². The molecule has 2 aromatic rings. The van der Waals surface area contributed by atoms with Gasteiger partial charge in [-0.2, -0.15) is 0 Å². The van der Waals surface area contributed by atoms with Gasteiger partial charge in [-0.1, -0.05) is 0 Å². The van der Waals surface area contributed by atoms with E-state index in [1.54, 1.807) is 12.4 Å². The van der Waals surface area contributed by atoms with Crippen molar-refractivity contribution in [3.8, 4) is 0 Å². The van der Waals surface area contributed by atoms with Crippen LogP contribution in [0.1, 0.15) is 22.8 Å². The Kier molecular flexibility index (Phi) is 4.89. The van der Waals surface area contributed by atoms with E-state index in [0.717, 1.165) is 5.56 Å². The van der Waals surface area contributed by atoms with Crippen LogP contribution in [0, 0.1) is 0 Å². The highest BCUT2D eigenvalue weighted by Gasteiger charge is 2.12. The Hall–Kier alpha value is -2.25. The van der Waals surface area contributed by atoms with E-state index in [1.807, 2.05) is 19.1 Å². The molecule has 116 valence electrons. The number of nitrogens with two attached hydrogens (primary N) is 1. The minimum absolute atomic E-state index is 0.0196. The second kappa shape index (κ2) is 6.67. The van der Waals surface area contributed by atoms with E-state index in [0.29, 0.717) is 12.0 Å². The lowest BCUT2D eigenvalue weighted by molar-refractivity contribution is 0.0940. The summed E-state index contributed by atoms with van der Waals surface area (Å²) in [6.07, 6.45) is 4.09. The minimum atomic E-state index is -3.75. The van der Waals surface area contributed by atoms with Crippen molar-refractivity contribution >= 4 is 15.9 Å². The first-order chi connectivity index (χ1) is 10.4. The van der Waals surface area contributed by atoms with Crippen molar-refractivity contribution in [2.75, 3.05) is 0 Å². The number of rotatable bonds is 5. The molecule has 1 aromatic carbocycles. The number of sulfonamides is 1. The summed E-state index contributed by atoms with van der Waals surface area (Å²) in [5, 5.41) is 7.88. The molecular weight excluding hydrogens is 302 g/mol. The molecule has 1 heterocycles. The number of nitrogens with one attached hydrogen (secondary N) is 1. The van der Waals surface area contributed by atoms with E-state index in [-0.39, 0.29) is 16.8 Å². The number of primary sulfonamides is 1. The Morgan fingerprint density at radius 1 is 1.18 bits per heavy atom. The highest BCUT2D eigenvalue weighted by Crippen LogP contribution is 2.09. The van der Waals surface area contributed by atoms with Crippen LogP contribution in [0.15, 0.2) is 53.7 Å². The summed E-state index contributed by atoms with van der Waals surface area (Å²) >= 11 is 0. The summed E-state index contributed by atoms with van der Waals surface area (Å²) in [7, 11) is -3.75. The Morgan fingerprint density at radius 3 is 2.32 bits per heavy atom. The Morgan fingerprint density at radius 2 is 1.77 bits per heavy atom. The molecule has 3 N–H and O–H groups in total. The fraction of sp³-hybridized carbons (Fsp3) is 0.200. The molecule has 0 unspecified atom stereocenters. The first-order valence-electron chi connectivity index (χ1n) is 6.69. The lowest BCUT2D eigenvalue weighted by Gasteiger charge is -2.14. The number of carbonyl (C=O) groups excluding carboxylic acids is 1. The number of hydrogen-bond donors (Lipinski definition) is 2. The molecule has 1 amide bonds. The molecule has 22 heavy (non-hydrogen) atoms. The summed E-state index contributed by atoms with van der Waals surface area (Å²) in [4.78, 5) is 16.0. The van der Waals surface area contributed by atoms with Gasteiger partial charge in [-0.25, -0.2) is 13.6 Å². The van der Waals surface area contributed by atoms with Gasteiger partial charge in [0, 0.05) is 24.0 Å². The number of carbonyl (C=O) groups is 1. The quantitative estimate of drug-likeness (QED) is 0.861. The highest BCUT2D eigenvalue weighted by molar-refractivity contribution is 7.89. The summed E-state index contributed by atoms with van der Waals surface area (Å²) < 4.78 is 22.3. The van der Waals surface area contributed by atoms with Crippen molar-refractivity contribution < 1.29 is 13.2 Å². The minimum Gasteiger partial charge on any atom is -0.349 e. The molecule has 0 saturated heterocycles. The summed E-state index contributed by atoms with van der Waals surface area (Å²) in [5.74, 6) is -0.262. The van der Waals surface area contributed by atoms with Gasteiger partial charge in [-0.05, 0) is 55.3 Å². The van der Waals surface area contributed by atoms with Crippen LogP contribution < -0.4 is 10.5 Å². The third-order valence-corrected chi connectivity index (χ3v) is 4.04. The normalized spacial score (nSPS) is 12.6. The molecular formula is C15H17N3O3S. The first-order valence-corrected chi connectivity index (χ1v) is 8.23. The predicted molar refractivity (Wildman–Crippen MR) is 82.7 cm³/mol. The molecule has 0 fully saturated rings. The highest BCUT2D eigenvalue weighted by atomic mass is 32.2. The van der Waals surface area contributed by atoms with Crippen molar-refractivity contribution in [3.05, 3.63) is 59.9 Å². The zero-order valence-electron chi connectivity index (χ0n) is 12.1. The second-order valence-electron chi connectivity index (χ2n) is 5.00. The van der Waals surface area contributed by atoms with Crippen molar-refractivity contribution in [2.45, 2.75) is 24.3 Å². The van der Waals surface area contributed by atoms with Crippen molar-refractivity contribution in [2.24, 2.45) is 5.14 Å². The number of hydrogen-bond acceptors (Lipinski definition) is 4. The third kappa shape index (κ3) is 4.37. The van der Waals surface area contributed by atoms with Crippen LogP contribution >= 0.6 is 0 Å². The van der Waals surface area contributed by atoms with Gasteiger partial charge in [0.05, 0.1) is 4.90 Å². The van der Waals surface area contributed by atoms with Crippen LogP contribution in [0.2, 0.25) is 0 Å². The van der Waals surface area contributed by atoms with Crippen LogP contribution in [0.5, 0.6) is 0 Å². The lowest BCUT2D eigenvalue weighted by atomic mass is 10.1. The third-order valence-electron chi connectivity index (χ3n) is 3.11. The van der Waals surface area contributed by atoms with Crippen molar-refractivity contribution in [1.29, 1.82) is 0 Å². The van der Waals surface area contributed by atoms with Gasteiger partial charge in [-0.3, -0.25) is 9.78 Å². The van der Waals surface area contributed by atoms with E-state index < -0.39 is 10.0 Å². The monoisotopic (exact) mass is 319 g/mol. The molecule has 2 rings (SSSR count). The molecule has 7 heteroatoms. The van der Waals surface area contributed by atoms with Crippen LogP contribution in [0.4, 0.5) is 0 Å². The van der Waals surface area contributed by atoms with E-state index in [4.69, 9.17) is 5.14 Å². The zero-order chi connectivity index (χ0) is 16.2. The molecule has 0 saturated carbocycles. The standard InChI is InChI=1S/C15H17N3O3S/c1-11(10-12-6-8-17-9-7-12)18-15(19)13-2-4-14(5-3-13)22(16,20)21/h2-9,11H,10H2,1H3,(H,18,19)(H2,16,20,21)/t11-/m0/s1. The van der Waals surface area contributed by atoms with Crippen LogP contribution in [-0.4, -0.2) is 25.4 Å². The molecule has 0 aliphatic carbocycles. The molecule has 0 aliphatic rings. The van der Waals surface area contributed by atoms with Gasteiger partial charge in [0.25, 0.3) is 5.91 Å². The molecule has 1 atom stereocenters. The Bertz CT molecular complexity index is 743. The molecule has 0 spiro atoms. The largest absolute Gasteiger partial charge is 0.349 e. The molecule has 0 bridgehead atoms. The summed E-state index contributed by atoms with van der Waals surface area (Å²) in [5.41, 5.74) is 1.46. The molecule has 6 nitrogen and oxygen atoms in total. The average molecular weight is 319 g/mol. The van der Waals surface area contributed by atoms with E-state index in [2.05, 4.69) is 10.3 Å². The number of pyridine rings is 1. The van der Waals surface area contributed by atoms with Gasteiger partial charge < -0.3 is 5.32 Å². The number of amides is 1. The maximum Gasteiger partial charge on any atom is 0.251 e. The summed E-state index contributed by atoms with van der Waals surface area (Å²) in [6, 6.07) is 9.23. The van der Waals surface area contributed by atoms with Gasteiger partial charge in [0.15, 0.2) is 0 Å². The first kappa shape index (κ1) is 16.1. The van der Waals surface area contributed by atoms with Crippen molar-refractivity contribution in [1.82, 2.24) is 10.3 Å². The number of aromatic nitrogens is 1. The summed E-state index contributed by atoms with van der Waals surface area (Å²) in [6.45, 7) is 1.90. The van der Waals surface area contributed by atoms with Crippen LogP contribution in [0.25, 0.3) is 0 Å². The maximum atomic E-state index is 12.1. The molecule has 1 aromatic heterocycles. The van der Waals surface area contributed by atoms with E-state index in [1.165, 1.54) is 24.3 Å². The number of nitrogens with zero attached hydrogens (tertiary/aromatic N) is 1. The van der Waals surface area contributed by atoms with Gasteiger partial charge in [-0.15, -0.1) is 0 Å². The van der Waals surface area contributed by atoms with Crippen molar-refractivity contribution in [3.63, 3.8) is 0 Å². The lowest BCUT2D eigenvalue weighted by Crippen LogP contribution is -2.34. The fourth-order valence-electron chi connectivity index (χ4n) is 2.03. The van der Waals surface area contributed by atoms with E-state index in [9.17, 15) is 13.2 Å². The topological polar surface area (TPSA) is 102 Å². The zero-order valence-corrected chi connectivity index (χ0v) is 12.9. The van der Waals surface area contributed by atoms with E-state index >= 15 is 0 Å². The van der Waals surface area contributed by atoms with Gasteiger partial charge >= 0.3 is 0 Å². The second-order valence-corrected chi connectivity index (χ2v) is 6.56. The molecule has 0 radical (unpaired) electrons. The maximum absolute atomic E-state index is 12.1. The van der Waals surface area contributed by atoms with Gasteiger partial charge in [0.1, 0.15) is 0 Å². The predicted octanol–water partition coefficient (Wildman–Crippen LogP) is 1.09. The Balaban J connectivity index is 2.00. The average Bonchev–Trinajstić information content (AvgIpc) is 2.47. The fourth-order valence-corrected chi connectivity index (χ4v) is 2.54. The SMILES string of the molecule is C[C@@H](Cc1ccncc1)NC(=O)c1ccc(S(N)(=O)=O)cc1. The smallest absolute Gasteiger partial charge is 0.251 e.